The van der Waals surface area contributed by atoms with Crippen molar-refractivity contribution in [2.45, 2.75) is 26.2 Å². The zero-order valence-corrected chi connectivity index (χ0v) is 25.5. The summed E-state index contributed by atoms with van der Waals surface area (Å²) in [6.45, 7) is 1.36. The highest BCUT2D eigenvalue weighted by molar-refractivity contribution is 6.21. The van der Waals surface area contributed by atoms with Gasteiger partial charge < -0.3 is 14.9 Å². The number of rotatable bonds is 7. The summed E-state index contributed by atoms with van der Waals surface area (Å²) in [5.74, 6) is 0.0958. The first kappa shape index (κ1) is 30.5. The fraction of sp³-hybridized carbons (Fsp3) is 0.111. The van der Waals surface area contributed by atoms with Gasteiger partial charge >= 0.3 is 0 Å². The molecule has 4 aromatic heterocycles. The third kappa shape index (κ3) is 5.92. The predicted octanol–water partition coefficient (Wildman–Crippen LogP) is 5.49. The Balaban J connectivity index is 0.000000166. The van der Waals surface area contributed by atoms with Crippen LogP contribution in [0.2, 0.25) is 0 Å². The van der Waals surface area contributed by atoms with Crippen molar-refractivity contribution in [2.75, 3.05) is 0 Å². The van der Waals surface area contributed by atoms with Crippen molar-refractivity contribution in [3.8, 4) is 0 Å². The van der Waals surface area contributed by atoms with E-state index in [0.717, 1.165) is 28.1 Å². The first-order valence-electron chi connectivity index (χ1n) is 15.1. The summed E-state index contributed by atoms with van der Waals surface area (Å²) in [7, 11) is 0. The van der Waals surface area contributed by atoms with E-state index in [9.17, 15) is 18.4 Å². The van der Waals surface area contributed by atoms with Crippen molar-refractivity contribution in [3.63, 3.8) is 0 Å². The van der Waals surface area contributed by atoms with Crippen LogP contribution in [-0.4, -0.2) is 45.8 Å². The van der Waals surface area contributed by atoms with Crippen molar-refractivity contribution in [3.05, 3.63) is 155 Å². The third-order valence-corrected chi connectivity index (χ3v) is 8.03. The van der Waals surface area contributed by atoms with E-state index in [2.05, 4.69) is 19.9 Å². The van der Waals surface area contributed by atoms with Gasteiger partial charge in [0.15, 0.2) is 11.3 Å². The minimum atomic E-state index is -0.334. The molecule has 2 amide bonds. The molecule has 0 bridgehead atoms. The van der Waals surface area contributed by atoms with E-state index >= 15 is 0 Å². The Bertz CT molecular complexity index is 2250. The summed E-state index contributed by atoms with van der Waals surface area (Å²) in [5, 5.41) is 0. The third-order valence-electron chi connectivity index (χ3n) is 8.03. The van der Waals surface area contributed by atoms with Gasteiger partial charge in [-0.25, -0.2) is 28.7 Å². The Morgan fingerprint density at radius 2 is 1.02 bits per heavy atom. The van der Waals surface area contributed by atoms with Crippen LogP contribution in [0.3, 0.4) is 0 Å². The molecule has 5 heterocycles. The van der Waals surface area contributed by atoms with E-state index in [-0.39, 0.29) is 30.0 Å². The van der Waals surface area contributed by atoms with Gasteiger partial charge in [-0.15, -0.1) is 0 Å². The molecule has 2 N–H and O–H groups in total. The maximum absolute atomic E-state index is 13.3. The van der Waals surface area contributed by atoms with E-state index in [4.69, 9.17) is 5.73 Å². The zero-order valence-electron chi connectivity index (χ0n) is 25.5. The van der Waals surface area contributed by atoms with E-state index in [0.29, 0.717) is 47.7 Å². The number of carbonyl (C=O) groups is 2. The highest BCUT2D eigenvalue weighted by atomic mass is 19.1. The van der Waals surface area contributed by atoms with Crippen LogP contribution in [-0.2, 0) is 26.2 Å². The van der Waals surface area contributed by atoms with Gasteiger partial charge in [-0.05, 0) is 71.8 Å². The molecular formula is C36H28F2N8O2. The molecule has 0 spiro atoms. The van der Waals surface area contributed by atoms with Crippen LogP contribution in [0.15, 0.2) is 109 Å². The average Bonchev–Trinajstić information content (AvgIpc) is 3.73. The van der Waals surface area contributed by atoms with E-state index in [1.54, 1.807) is 67.0 Å². The molecule has 0 atom stereocenters. The number of hydrogen-bond acceptors (Lipinski definition) is 7. The fourth-order valence-corrected chi connectivity index (χ4v) is 5.69. The number of halogens is 2. The summed E-state index contributed by atoms with van der Waals surface area (Å²) in [6, 6.07) is 26.7. The van der Waals surface area contributed by atoms with Gasteiger partial charge in [0.2, 0.25) is 0 Å². The first-order valence-corrected chi connectivity index (χ1v) is 15.1. The number of imide groups is 1. The quantitative estimate of drug-likeness (QED) is 0.228. The van der Waals surface area contributed by atoms with Gasteiger partial charge in [0, 0.05) is 12.4 Å². The Morgan fingerprint density at radius 1 is 0.562 bits per heavy atom. The molecule has 48 heavy (non-hydrogen) atoms. The highest BCUT2D eigenvalue weighted by Gasteiger charge is 2.36. The fourth-order valence-electron chi connectivity index (χ4n) is 5.69. The van der Waals surface area contributed by atoms with E-state index in [1.807, 2.05) is 27.3 Å². The SMILES string of the molecule is NCc1nc2cccnc2n1Cc1ccc(F)cc1.O=C1c2ccccc2C(=O)N1Cc1nc2cccnc2n1Cc1ccc(F)cc1. The average molecular weight is 643 g/mol. The monoisotopic (exact) mass is 642 g/mol. The minimum absolute atomic E-state index is 0.0316. The lowest BCUT2D eigenvalue weighted by Crippen LogP contribution is -2.30. The second-order valence-corrected chi connectivity index (χ2v) is 11.1. The molecule has 0 fully saturated rings. The van der Waals surface area contributed by atoms with Gasteiger partial charge in [-0.3, -0.25) is 14.5 Å². The largest absolute Gasteiger partial charge is 0.324 e. The number of hydrogen-bond donors (Lipinski definition) is 1. The van der Waals surface area contributed by atoms with Crippen LogP contribution < -0.4 is 5.73 Å². The number of amides is 2. The summed E-state index contributed by atoms with van der Waals surface area (Å²) in [4.78, 5) is 44.5. The second-order valence-electron chi connectivity index (χ2n) is 11.1. The molecule has 0 aliphatic carbocycles. The summed E-state index contributed by atoms with van der Waals surface area (Å²) >= 11 is 0. The summed E-state index contributed by atoms with van der Waals surface area (Å²) < 4.78 is 30.0. The molecule has 1 aliphatic heterocycles. The minimum Gasteiger partial charge on any atom is -0.324 e. The summed E-state index contributed by atoms with van der Waals surface area (Å²) in [6.07, 6.45) is 3.39. The summed E-state index contributed by atoms with van der Waals surface area (Å²) in [5.41, 5.74) is 11.3. The van der Waals surface area contributed by atoms with Gasteiger partial charge in [-0.2, -0.15) is 0 Å². The molecule has 238 valence electrons. The molecule has 0 saturated heterocycles. The van der Waals surface area contributed by atoms with Crippen LogP contribution in [0.4, 0.5) is 8.78 Å². The number of nitrogens with zero attached hydrogens (tertiary/aromatic N) is 7. The van der Waals surface area contributed by atoms with Crippen molar-refractivity contribution >= 4 is 34.1 Å². The molecule has 1 aliphatic rings. The molecule has 8 rings (SSSR count). The standard InChI is InChI=1S/C22H15FN4O2.C14H13FN4/c23-15-9-7-14(8-10-15)12-26-19(25-18-6-3-11-24-20(18)26)13-27-21(28)16-4-1-2-5-17(16)22(27)29;15-11-5-3-10(4-6-11)9-19-13(8-16)18-12-2-1-7-17-14(12)19/h1-11H,12-13H2;1-7H,8-9,16H2. The molecule has 12 heteroatoms. The molecule has 3 aromatic carbocycles. The Hall–Kier alpha value is -6.14. The van der Waals surface area contributed by atoms with Crippen LogP contribution in [0, 0.1) is 11.6 Å². The van der Waals surface area contributed by atoms with Gasteiger partial charge in [0.1, 0.15) is 34.3 Å². The van der Waals surface area contributed by atoms with Crippen LogP contribution in [0.1, 0.15) is 43.5 Å². The lowest BCUT2D eigenvalue weighted by Gasteiger charge is -2.15. The lowest BCUT2D eigenvalue weighted by atomic mass is 10.1. The predicted molar refractivity (Wildman–Crippen MR) is 175 cm³/mol. The molecule has 0 unspecified atom stereocenters. The Kier molecular flexibility index (Phi) is 8.22. The zero-order chi connectivity index (χ0) is 33.2. The van der Waals surface area contributed by atoms with Crippen molar-refractivity contribution in [1.29, 1.82) is 0 Å². The molecule has 0 saturated carbocycles. The van der Waals surface area contributed by atoms with E-state index < -0.39 is 0 Å². The first-order chi connectivity index (χ1) is 23.4. The number of benzene rings is 3. The topological polar surface area (TPSA) is 125 Å². The lowest BCUT2D eigenvalue weighted by molar-refractivity contribution is 0.0637. The Morgan fingerprint density at radius 3 is 1.50 bits per heavy atom. The second kappa shape index (κ2) is 12.9. The number of carbonyl (C=O) groups excluding carboxylic acids is 2. The molecule has 7 aromatic rings. The molecular weight excluding hydrogens is 614 g/mol. The van der Waals surface area contributed by atoms with Gasteiger partial charge in [-0.1, -0.05) is 36.4 Å². The van der Waals surface area contributed by atoms with E-state index in [1.165, 1.54) is 29.2 Å². The van der Waals surface area contributed by atoms with Gasteiger partial charge in [0.05, 0.1) is 37.3 Å². The number of fused-ring (bicyclic) bond motifs is 3. The smallest absolute Gasteiger partial charge is 0.261 e. The number of imidazole rings is 2. The van der Waals surface area contributed by atoms with Crippen LogP contribution >= 0.6 is 0 Å². The maximum Gasteiger partial charge on any atom is 0.261 e. The number of pyridine rings is 2. The molecule has 10 nitrogen and oxygen atoms in total. The highest BCUT2D eigenvalue weighted by Crippen LogP contribution is 2.26. The maximum atomic E-state index is 13.3. The van der Waals surface area contributed by atoms with Crippen molar-refractivity contribution < 1.29 is 18.4 Å². The van der Waals surface area contributed by atoms with Crippen molar-refractivity contribution in [1.82, 2.24) is 34.0 Å². The Labute approximate surface area is 273 Å². The van der Waals surface area contributed by atoms with Gasteiger partial charge in [0.25, 0.3) is 11.8 Å². The van der Waals surface area contributed by atoms with Crippen LogP contribution in [0.25, 0.3) is 22.3 Å². The van der Waals surface area contributed by atoms with Crippen LogP contribution in [0.5, 0.6) is 0 Å². The molecule has 0 radical (unpaired) electrons. The normalized spacial score (nSPS) is 12.4. The van der Waals surface area contributed by atoms with Crippen molar-refractivity contribution in [2.24, 2.45) is 5.73 Å². The number of aromatic nitrogens is 6. The number of nitrogens with two attached hydrogens (primary N) is 1.